The molecule has 5 atom stereocenters. The first-order valence-electron chi connectivity index (χ1n) is 7.01. The van der Waals surface area contributed by atoms with Crippen molar-refractivity contribution in [2.24, 2.45) is 17.8 Å². The molecule has 0 aliphatic carbocycles. The minimum atomic E-state index is -0.0322. The van der Waals surface area contributed by atoms with Gasteiger partial charge in [0, 0.05) is 13.2 Å². The molecule has 0 spiro atoms. The summed E-state index contributed by atoms with van der Waals surface area (Å²) in [6.07, 6.45) is 2.02. The molecule has 1 heterocycles. The molecule has 1 saturated heterocycles. The highest BCUT2D eigenvalue weighted by molar-refractivity contribution is 5.79. The third-order valence-corrected chi connectivity index (χ3v) is 4.03. The summed E-state index contributed by atoms with van der Waals surface area (Å²) in [6, 6.07) is 0. The Morgan fingerprint density at radius 3 is 2.50 bits per heavy atom. The number of hydrogen-bond donors (Lipinski definition) is 2. The summed E-state index contributed by atoms with van der Waals surface area (Å²) < 4.78 is 5.68. The minimum absolute atomic E-state index is 0.00589. The summed E-state index contributed by atoms with van der Waals surface area (Å²) in [7, 11) is 0. The van der Waals surface area contributed by atoms with E-state index in [4.69, 9.17) is 9.84 Å². The largest absolute Gasteiger partial charge is 0.396 e. The van der Waals surface area contributed by atoms with Gasteiger partial charge in [0.05, 0.1) is 18.1 Å². The Bertz CT molecular complexity index is 270. The van der Waals surface area contributed by atoms with Crippen LogP contribution in [0.5, 0.6) is 0 Å². The summed E-state index contributed by atoms with van der Waals surface area (Å²) in [5, 5.41) is 11.9. The van der Waals surface area contributed by atoms with E-state index in [1.54, 1.807) is 0 Å². The van der Waals surface area contributed by atoms with Gasteiger partial charge in [-0.05, 0) is 38.5 Å². The van der Waals surface area contributed by atoms with Gasteiger partial charge in [0.15, 0.2) is 0 Å². The third-order valence-electron chi connectivity index (χ3n) is 4.03. The zero-order valence-electron chi connectivity index (χ0n) is 12.0. The lowest BCUT2D eigenvalue weighted by Crippen LogP contribution is -2.37. The predicted octanol–water partition coefficient (Wildman–Crippen LogP) is 1.57. The molecule has 1 amide bonds. The fourth-order valence-corrected chi connectivity index (χ4v) is 2.59. The fourth-order valence-electron chi connectivity index (χ4n) is 2.59. The van der Waals surface area contributed by atoms with Crippen molar-refractivity contribution in [2.45, 2.75) is 52.7 Å². The zero-order chi connectivity index (χ0) is 13.7. The second-order valence-corrected chi connectivity index (χ2v) is 5.65. The van der Waals surface area contributed by atoms with Crippen LogP contribution in [0.25, 0.3) is 0 Å². The van der Waals surface area contributed by atoms with Crippen molar-refractivity contribution in [2.75, 3.05) is 13.2 Å². The van der Waals surface area contributed by atoms with E-state index in [0.717, 1.165) is 12.8 Å². The average molecular weight is 257 g/mol. The summed E-state index contributed by atoms with van der Waals surface area (Å²) in [5.74, 6) is 0.664. The van der Waals surface area contributed by atoms with Crippen molar-refractivity contribution in [3.63, 3.8) is 0 Å². The number of hydrogen-bond acceptors (Lipinski definition) is 3. The molecule has 0 bridgehead atoms. The van der Waals surface area contributed by atoms with E-state index in [0.29, 0.717) is 12.5 Å². The Labute approximate surface area is 110 Å². The molecule has 106 valence electrons. The second kappa shape index (κ2) is 7.10. The van der Waals surface area contributed by atoms with Gasteiger partial charge in [0.25, 0.3) is 0 Å². The quantitative estimate of drug-likeness (QED) is 0.710. The molecule has 0 aromatic rings. The molecule has 4 nitrogen and oxygen atoms in total. The van der Waals surface area contributed by atoms with Crippen LogP contribution in [0, 0.1) is 17.8 Å². The van der Waals surface area contributed by atoms with E-state index >= 15 is 0 Å². The van der Waals surface area contributed by atoms with Crippen LogP contribution in [0.3, 0.4) is 0 Å². The molecule has 18 heavy (non-hydrogen) atoms. The molecule has 4 heteroatoms. The molecule has 0 radical (unpaired) electrons. The Morgan fingerprint density at radius 1 is 1.33 bits per heavy atom. The van der Waals surface area contributed by atoms with Crippen molar-refractivity contribution in [1.29, 1.82) is 0 Å². The average Bonchev–Trinajstić information content (AvgIpc) is 2.58. The number of carbonyl (C=O) groups is 1. The van der Waals surface area contributed by atoms with Gasteiger partial charge in [-0.25, -0.2) is 0 Å². The molecule has 5 unspecified atom stereocenters. The monoisotopic (exact) mass is 257 g/mol. The highest BCUT2D eigenvalue weighted by Gasteiger charge is 2.41. The van der Waals surface area contributed by atoms with Crippen molar-refractivity contribution in [3.05, 3.63) is 0 Å². The molecule has 1 rings (SSSR count). The van der Waals surface area contributed by atoms with Crippen LogP contribution in [0.15, 0.2) is 0 Å². The van der Waals surface area contributed by atoms with E-state index in [9.17, 15) is 4.79 Å². The summed E-state index contributed by atoms with van der Waals surface area (Å²) in [4.78, 5) is 12.1. The molecule has 0 aromatic carbocycles. The standard InChI is InChI=1S/C14H27NO3/c1-9(8-16)6-5-7-15-14(17)13-10(2)11(3)18-12(13)4/h9-13,16H,5-8H2,1-4H3,(H,15,17). The van der Waals surface area contributed by atoms with Gasteiger partial charge in [-0.15, -0.1) is 0 Å². The van der Waals surface area contributed by atoms with Crippen LogP contribution in [0.4, 0.5) is 0 Å². The van der Waals surface area contributed by atoms with Crippen LogP contribution >= 0.6 is 0 Å². The number of aliphatic hydroxyl groups excluding tert-OH is 1. The molecule has 1 aliphatic rings. The molecule has 2 N–H and O–H groups in total. The van der Waals surface area contributed by atoms with E-state index in [-0.39, 0.29) is 36.6 Å². The summed E-state index contributed by atoms with van der Waals surface area (Å²) >= 11 is 0. The maximum atomic E-state index is 12.1. The molecular formula is C14H27NO3. The predicted molar refractivity (Wildman–Crippen MR) is 71.2 cm³/mol. The van der Waals surface area contributed by atoms with Crippen LogP contribution in [0.1, 0.15) is 40.5 Å². The van der Waals surface area contributed by atoms with Crippen molar-refractivity contribution in [3.8, 4) is 0 Å². The highest BCUT2D eigenvalue weighted by atomic mass is 16.5. The van der Waals surface area contributed by atoms with Crippen LogP contribution < -0.4 is 5.32 Å². The third kappa shape index (κ3) is 3.95. The molecule has 0 saturated carbocycles. The van der Waals surface area contributed by atoms with E-state index in [1.807, 2.05) is 20.8 Å². The molecular weight excluding hydrogens is 230 g/mol. The summed E-state index contributed by atoms with van der Waals surface area (Å²) in [5.41, 5.74) is 0. The van der Waals surface area contributed by atoms with Gasteiger partial charge in [-0.3, -0.25) is 4.79 Å². The number of nitrogens with one attached hydrogen (secondary N) is 1. The first-order chi connectivity index (χ1) is 8.47. The number of rotatable bonds is 6. The highest BCUT2D eigenvalue weighted by Crippen LogP contribution is 2.32. The normalized spacial score (nSPS) is 33.4. The number of aliphatic hydroxyl groups is 1. The van der Waals surface area contributed by atoms with E-state index < -0.39 is 0 Å². The van der Waals surface area contributed by atoms with Crippen LogP contribution in [-0.4, -0.2) is 36.4 Å². The lowest BCUT2D eigenvalue weighted by Gasteiger charge is -2.18. The molecule has 1 aliphatic heterocycles. The van der Waals surface area contributed by atoms with Crippen LogP contribution in [-0.2, 0) is 9.53 Å². The molecule has 0 aromatic heterocycles. The van der Waals surface area contributed by atoms with E-state index in [2.05, 4.69) is 12.2 Å². The van der Waals surface area contributed by atoms with Crippen molar-refractivity contribution in [1.82, 2.24) is 5.32 Å². The first-order valence-corrected chi connectivity index (χ1v) is 7.01. The number of amides is 1. The van der Waals surface area contributed by atoms with Gasteiger partial charge in [0.1, 0.15) is 0 Å². The Morgan fingerprint density at radius 2 is 2.00 bits per heavy atom. The maximum absolute atomic E-state index is 12.1. The lowest BCUT2D eigenvalue weighted by molar-refractivity contribution is -0.127. The number of ether oxygens (including phenoxy) is 1. The Balaban J connectivity index is 2.28. The Hall–Kier alpha value is -0.610. The van der Waals surface area contributed by atoms with Crippen molar-refractivity contribution >= 4 is 5.91 Å². The zero-order valence-corrected chi connectivity index (χ0v) is 12.0. The summed E-state index contributed by atoms with van der Waals surface area (Å²) in [6.45, 7) is 8.99. The van der Waals surface area contributed by atoms with Gasteiger partial charge < -0.3 is 15.2 Å². The topological polar surface area (TPSA) is 58.6 Å². The second-order valence-electron chi connectivity index (χ2n) is 5.65. The van der Waals surface area contributed by atoms with Crippen molar-refractivity contribution < 1.29 is 14.6 Å². The Kier molecular flexibility index (Phi) is 6.09. The van der Waals surface area contributed by atoms with Crippen LogP contribution in [0.2, 0.25) is 0 Å². The fraction of sp³-hybridized carbons (Fsp3) is 0.929. The smallest absolute Gasteiger partial charge is 0.226 e. The van der Waals surface area contributed by atoms with Gasteiger partial charge >= 0.3 is 0 Å². The lowest BCUT2D eigenvalue weighted by atomic mass is 9.89. The maximum Gasteiger partial charge on any atom is 0.226 e. The van der Waals surface area contributed by atoms with Gasteiger partial charge in [0.2, 0.25) is 5.91 Å². The molecule has 1 fully saturated rings. The van der Waals surface area contributed by atoms with Gasteiger partial charge in [-0.2, -0.15) is 0 Å². The minimum Gasteiger partial charge on any atom is -0.396 e. The van der Waals surface area contributed by atoms with E-state index in [1.165, 1.54) is 0 Å². The number of carbonyl (C=O) groups excluding carboxylic acids is 1. The SMILES string of the molecule is CC(CO)CCCNC(=O)C1C(C)OC(C)C1C. The first kappa shape index (κ1) is 15.4. The van der Waals surface area contributed by atoms with Gasteiger partial charge in [-0.1, -0.05) is 13.8 Å².